The number of hydrogen-bond acceptors (Lipinski definition) is 3. The van der Waals surface area contributed by atoms with Gasteiger partial charge >= 0.3 is 0 Å². The van der Waals surface area contributed by atoms with Crippen molar-refractivity contribution in [2.75, 3.05) is 33.4 Å². The lowest BCUT2D eigenvalue weighted by Gasteiger charge is -2.18. The second kappa shape index (κ2) is 18.0. The molecule has 0 spiro atoms. The molecular weight excluding hydrogens is 214 g/mol. The highest BCUT2D eigenvalue weighted by Crippen LogP contribution is 2.02. The van der Waals surface area contributed by atoms with Crippen LogP contribution in [0, 0.1) is 0 Å². The molecule has 0 atom stereocenters. The summed E-state index contributed by atoms with van der Waals surface area (Å²) in [7, 11) is 1.78. The molecule has 0 radical (unpaired) electrons. The first-order valence-electron chi connectivity index (χ1n) is 6.87. The fraction of sp³-hybridized carbons (Fsp3) is 0.929. The largest absolute Gasteiger partial charge is 0.385 e. The van der Waals surface area contributed by atoms with Gasteiger partial charge in [-0.15, -0.1) is 0 Å². The van der Waals surface area contributed by atoms with Gasteiger partial charge in [-0.3, -0.25) is 0 Å². The number of methoxy groups -OCH3 is 1. The van der Waals surface area contributed by atoms with Gasteiger partial charge in [0.2, 0.25) is 0 Å². The van der Waals surface area contributed by atoms with Crippen LogP contribution < -0.4 is 0 Å². The molecule has 0 heterocycles. The van der Waals surface area contributed by atoms with Crippen molar-refractivity contribution in [3.8, 4) is 0 Å². The van der Waals surface area contributed by atoms with Crippen molar-refractivity contribution in [1.82, 2.24) is 4.90 Å². The van der Waals surface area contributed by atoms with Crippen LogP contribution >= 0.6 is 0 Å². The maximum absolute atomic E-state index is 8.81. The Bertz CT molecular complexity index is 140. The number of carbonyl (C=O) groups is 1. The molecule has 0 saturated carbocycles. The molecule has 0 fully saturated rings. The molecule has 104 valence electrons. The number of hydrogen-bond donors (Lipinski definition) is 0. The summed E-state index contributed by atoms with van der Waals surface area (Å²) in [6, 6.07) is 0. The Morgan fingerprint density at radius 1 is 1.06 bits per heavy atom. The maximum Gasteiger partial charge on any atom is 0.116 e. The number of nitrogens with zero attached hydrogens (tertiary/aromatic N) is 1. The molecule has 0 aliphatic rings. The van der Waals surface area contributed by atoms with Gasteiger partial charge in [0, 0.05) is 13.7 Å². The Morgan fingerprint density at radius 2 is 1.65 bits per heavy atom. The van der Waals surface area contributed by atoms with E-state index in [1.807, 2.05) is 0 Å². The first-order valence-corrected chi connectivity index (χ1v) is 6.87. The minimum absolute atomic E-state index is 0.750. The zero-order valence-electron chi connectivity index (χ0n) is 12.2. The third kappa shape index (κ3) is 18.2. The van der Waals surface area contributed by atoms with Gasteiger partial charge in [0.1, 0.15) is 6.29 Å². The van der Waals surface area contributed by atoms with Crippen LogP contribution in [0.4, 0.5) is 0 Å². The molecule has 17 heavy (non-hydrogen) atoms. The highest BCUT2D eigenvalue weighted by Gasteiger charge is 1.99. The summed E-state index contributed by atoms with van der Waals surface area (Å²) in [5.74, 6) is 0. The van der Waals surface area contributed by atoms with Gasteiger partial charge in [0.05, 0.1) is 0 Å². The van der Waals surface area contributed by atoms with E-state index in [-0.39, 0.29) is 0 Å². The van der Waals surface area contributed by atoms with Gasteiger partial charge in [0.15, 0.2) is 0 Å². The smallest absolute Gasteiger partial charge is 0.116 e. The van der Waals surface area contributed by atoms with E-state index in [4.69, 9.17) is 9.53 Å². The van der Waals surface area contributed by atoms with E-state index in [1.165, 1.54) is 58.7 Å². The highest BCUT2D eigenvalue weighted by molar-refractivity contribution is 5.44. The van der Waals surface area contributed by atoms with Crippen LogP contribution in [0.5, 0.6) is 0 Å². The summed E-state index contributed by atoms with van der Waals surface area (Å²) in [4.78, 5) is 11.3. The van der Waals surface area contributed by atoms with E-state index in [2.05, 4.69) is 18.7 Å². The van der Waals surface area contributed by atoms with E-state index < -0.39 is 0 Å². The standard InChI is InChI=1S/C12H27NO.C2H4O/c1-4-10-13(5-2)11-8-6-7-9-12-14-3;1-2-3/h4-12H2,1-3H3;2H,1H3. The van der Waals surface area contributed by atoms with Crippen molar-refractivity contribution in [1.29, 1.82) is 0 Å². The number of aldehydes is 1. The molecule has 0 N–H and O–H groups in total. The quantitative estimate of drug-likeness (QED) is 0.437. The van der Waals surface area contributed by atoms with Crippen molar-refractivity contribution >= 4 is 6.29 Å². The van der Waals surface area contributed by atoms with Gasteiger partial charge in [0.25, 0.3) is 0 Å². The van der Waals surface area contributed by atoms with Crippen LogP contribution in [0.3, 0.4) is 0 Å². The van der Waals surface area contributed by atoms with Crippen LogP contribution in [0.1, 0.15) is 52.9 Å². The summed E-state index contributed by atoms with van der Waals surface area (Å²) < 4.78 is 5.02. The molecule has 3 nitrogen and oxygen atoms in total. The van der Waals surface area contributed by atoms with Crippen molar-refractivity contribution in [3.63, 3.8) is 0 Å². The minimum atomic E-state index is 0.750. The summed E-state index contributed by atoms with van der Waals surface area (Å²) in [6.45, 7) is 10.6. The van der Waals surface area contributed by atoms with Crippen molar-refractivity contribution in [2.45, 2.75) is 52.9 Å². The molecule has 0 aromatic carbocycles. The molecular formula is C14H31NO2. The fourth-order valence-corrected chi connectivity index (χ4v) is 1.68. The van der Waals surface area contributed by atoms with Crippen molar-refractivity contribution in [2.24, 2.45) is 0 Å². The molecule has 0 aromatic heterocycles. The predicted molar refractivity (Wildman–Crippen MR) is 74.5 cm³/mol. The van der Waals surface area contributed by atoms with E-state index in [1.54, 1.807) is 7.11 Å². The van der Waals surface area contributed by atoms with E-state index in [9.17, 15) is 0 Å². The number of unbranched alkanes of at least 4 members (excludes halogenated alkanes) is 3. The maximum atomic E-state index is 8.81. The molecule has 0 aromatic rings. The fourth-order valence-electron chi connectivity index (χ4n) is 1.68. The van der Waals surface area contributed by atoms with Gasteiger partial charge in [-0.25, -0.2) is 0 Å². The SMILES string of the molecule is CC=O.CCCN(CC)CCCCCCOC. The van der Waals surface area contributed by atoms with E-state index in [0.717, 1.165) is 12.9 Å². The third-order valence-electron chi connectivity index (χ3n) is 2.56. The Balaban J connectivity index is 0. The molecule has 0 rings (SSSR count). The average molecular weight is 245 g/mol. The second-order valence-electron chi connectivity index (χ2n) is 4.08. The summed E-state index contributed by atoms with van der Waals surface area (Å²) in [5, 5.41) is 0. The molecule has 0 bridgehead atoms. The lowest BCUT2D eigenvalue weighted by atomic mass is 10.2. The Morgan fingerprint density at radius 3 is 2.12 bits per heavy atom. The number of rotatable bonds is 10. The topological polar surface area (TPSA) is 29.5 Å². The van der Waals surface area contributed by atoms with Crippen LogP contribution in [-0.4, -0.2) is 44.5 Å². The molecule has 0 amide bonds. The summed E-state index contributed by atoms with van der Waals surface area (Å²) in [6.07, 6.45) is 7.26. The second-order valence-corrected chi connectivity index (χ2v) is 4.08. The van der Waals surface area contributed by atoms with E-state index in [0.29, 0.717) is 0 Å². The van der Waals surface area contributed by atoms with Crippen LogP contribution in [0.15, 0.2) is 0 Å². The Kier molecular flexibility index (Phi) is 20.0. The van der Waals surface area contributed by atoms with Crippen LogP contribution in [0.25, 0.3) is 0 Å². The Labute approximate surface area is 108 Å². The van der Waals surface area contributed by atoms with Crippen molar-refractivity contribution < 1.29 is 9.53 Å². The lowest BCUT2D eigenvalue weighted by Crippen LogP contribution is -2.25. The lowest BCUT2D eigenvalue weighted by molar-refractivity contribution is -0.106. The van der Waals surface area contributed by atoms with Gasteiger partial charge in [-0.2, -0.15) is 0 Å². The van der Waals surface area contributed by atoms with Crippen LogP contribution in [0.2, 0.25) is 0 Å². The van der Waals surface area contributed by atoms with Crippen LogP contribution in [-0.2, 0) is 9.53 Å². The first-order chi connectivity index (χ1) is 8.26. The molecule has 0 saturated heterocycles. The molecule has 3 heteroatoms. The monoisotopic (exact) mass is 245 g/mol. The molecule has 0 unspecified atom stereocenters. The predicted octanol–water partition coefficient (Wildman–Crippen LogP) is 3.13. The summed E-state index contributed by atoms with van der Waals surface area (Å²) in [5.41, 5.74) is 0. The average Bonchev–Trinajstić information content (AvgIpc) is 2.33. The molecule has 0 aliphatic heterocycles. The highest BCUT2D eigenvalue weighted by atomic mass is 16.5. The van der Waals surface area contributed by atoms with Gasteiger partial charge in [-0.1, -0.05) is 26.7 Å². The zero-order chi connectivity index (χ0) is 13.4. The Hall–Kier alpha value is -0.410. The van der Waals surface area contributed by atoms with Crippen molar-refractivity contribution in [3.05, 3.63) is 0 Å². The third-order valence-corrected chi connectivity index (χ3v) is 2.56. The van der Waals surface area contributed by atoms with E-state index >= 15 is 0 Å². The van der Waals surface area contributed by atoms with Gasteiger partial charge in [-0.05, 0) is 45.8 Å². The normalized spacial score (nSPS) is 9.94. The number of carbonyl (C=O) groups excluding carboxylic acids is 1. The summed E-state index contributed by atoms with van der Waals surface area (Å²) >= 11 is 0. The minimum Gasteiger partial charge on any atom is -0.385 e. The zero-order valence-corrected chi connectivity index (χ0v) is 12.2. The number of ether oxygens (including phenoxy) is 1. The molecule has 0 aliphatic carbocycles. The van der Waals surface area contributed by atoms with Gasteiger partial charge < -0.3 is 14.4 Å². The first kappa shape index (κ1) is 18.9.